The number of benzene rings is 1. The second-order valence-electron chi connectivity index (χ2n) is 9.71. The first-order valence-electron chi connectivity index (χ1n) is 12.2. The van der Waals surface area contributed by atoms with Crippen molar-refractivity contribution in [3.63, 3.8) is 0 Å². The zero-order chi connectivity index (χ0) is 27.3. The molecule has 3 amide bonds. The van der Waals surface area contributed by atoms with Gasteiger partial charge in [0.05, 0.1) is 11.4 Å². The Labute approximate surface area is 230 Å². The maximum Gasteiger partial charge on any atom is 0.326 e. The summed E-state index contributed by atoms with van der Waals surface area (Å²) in [5.41, 5.74) is 2.47. The van der Waals surface area contributed by atoms with Gasteiger partial charge in [-0.25, -0.2) is 19.4 Å². The van der Waals surface area contributed by atoms with Gasteiger partial charge in [-0.1, -0.05) is 39.3 Å². The lowest BCUT2D eigenvalue weighted by atomic mass is 9.92. The Morgan fingerprint density at radius 3 is 2.47 bits per heavy atom. The van der Waals surface area contributed by atoms with Gasteiger partial charge in [0.1, 0.15) is 11.6 Å². The third-order valence-corrected chi connectivity index (χ3v) is 6.86. The molecular formula is C27H30ClN7O2S. The van der Waals surface area contributed by atoms with E-state index >= 15 is 0 Å². The van der Waals surface area contributed by atoms with Crippen LogP contribution in [0.1, 0.15) is 50.3 Å². The van der Waals surface area contributed by atoms with E-state index in [-0.39, 0.29) is 11.3 Å². The number of carbonyl (C=O) groups excluding carboxylic acids is 2. The van der Waals surface area contributed by atoms with Crippen molar-refractivity contribution in [2.24, 2.45) is 0 Å². The van der Waals surface area contributed by atoms with Crippen LogP contribution in [0.25, 0.3) is 5.69 Å². The molecule has 4 aromatic rings. The molecule has 0 aliphatic heterocycles. The first kappa shape index (κ1) is 27.3. The summed E-state index contributed by atoms with van der Waals surface area (Å²) in [6.45, 7) is 8.00. The number of nitrogens with zero attached hydrogens (tertiary/aromatic N) is 4. The van der Waals surface area contributed by atoms with Crippen molar-refractivity contribution >= 4 is 51.6 Å². The summed E-state index contributed by atoms with van der Waals surface area (Å²) in [6, 6.07) is 12.5. The Kier molecular flexibility index (Phi) is 8.43. The third-order valence-electron chi connectivity index (χ3n) is 5.64. The Morgan fingerprint density at radius 1 is 1.00 bits per heavy atom. The molecule has 0 aliphatic rings. The van der Waals surface area contributed by atoms with Crippen LogP contribution >= 0.6 is 22.9 Å². The predicted octanol–water partition coefficient (Wildman–Crippen LogP) is 6.45. The number of urea groups is 1. The minimum absolute atomic E-state index is 0.0723. The number of rotatable bonds is 8. The Hall–Kier alpha value is -3.76. The van der Waals surface area contributed by atoms with Crippen LogP contribution in [-0.4, -0.2) is 31.7 Å². The lowest BCUT2D eigenvalue weighted by Gasteiger charge is -2.14. The molecule has 1 aromatic carbocycles. The van der Waals surface area contributed by atoms with Crippen molar-refractivity contribution in [3.8, 4) is 5.69 Å². The molecule has 0 unspecified atom stereocenters. The van der Waals surface area contributed by atoms with Crippen LogP contribution < -0.4 is 16.0 Å². The van der Waals surface area contributed by atoms with Crippen molar-refractivity contribution in [1.82, 2.24) is 19.7 Å². The highest BCUT2D eigenvalue weighted by Crippen LogP contribution is 2.27. The maximum atomic E-state index is 12.9. The molecule has 0 atom stereocenters. The summed E-state index contributed by atoms with van der Waals surface area (Å²) in [4.78, 5) is 34.0. The van der Waals surface area contributed by atoms with E-state index in [0.717, 1.165) is 34.7 Å². The molecular weight excluding hydrogens is 522 g/mol. The number of pyridine rings is 1. The average molecular weight is 552 g/mol. The molecule has 9 nitrogen and oxygen atoms in total. The van der Waals surface area contributed by atoms with Crippen molar-refractivity contribution in [1.29, 1.82) is 0 Å². The van der Waals surface area contributed by atoms with Gasteiger partial charge in [0.25, 0.3) is 0 Å². The second kappa shape index (κ2) is 11.7. The van der Waals surface area contributed by atoms with Gasteiger partial charge in [0, 0.05) is 40.2 Å². The van der Waals surface area contributed by atoms with Crippen molar-refractivity contribution in [2.75, 3.05) is 16.0 Å². The number of aromatic nitrogens is 4. The van der Waals surface area contributed by atoms with Gasteiger partial charge in [-0.05, 0) is 54.8 Å². The number of carbonyl (C=O) groups is 2. The van der Waals surface area contributed by atoms with Gasteiger partial charge in [-0.15, -0.1) is 11.3 Å². The molecule has 0 fully saturated rings. The quantitative estimate of drug-likeness (QED) is 0.233. The van der Waals surface area contributed by atoms with Crippen molar-refractivity contribution in [2.45, 2.75) is 52.4 Å². The first-order valence-corrected chi connectivity index (χ1v) is 13.4. The van der Waals surface area contributed by atoms with E-state index < -0.39 is 6.03 Å². The minimum atomic E-state index is -0.410. The van der Waals surface area contributed by atoms with E-state index in [9.17, 15) is 9.59 Å². The van der Waals surface area contributed by atoms with E-state index in [1.807, 2.05) is 30.3 Å². The normalized spacial score (nSPS) is 11.3. The van der Waals surface area contributed by atoms with Gasteiger partial charge >= 0.3 is 6.03 Å². The molecule has 198 valence electrons. The lowest BCUT2D eigenvalue weighted by Crippen LogP contribution is -2.21. The van der Waals surface area contributed by atoms with Crippen LogP contribution in [-0.2, 0) is 23.1 Å². The standard InChI is InChI=1S/C27H30ClN7O2S/c1-5-24(36)31-22-14-17(12-13-29-22)6-11-20-16-30-26(38-20)33-25(37)32-23-15-21(27(2,3)4)34-35(23)19-9-7-18(28)8-10-19/h7-10,12-16H,5-6,11H2,1-4H3,(H,29,31,36)(H2,30,32,33,37). The van der Waals surface area contributed by atoms with Crippen LogP contribution in [0.3, 0.4) is 0 Å². The van der Waals surface area contributed by atoms with Gasteiger partial charge in [0.15, 0.2) is 5.13 Å². The molecule has 0 saturated carbocycles. The van der Waals surface area contributed by atoms with Crippen molar-refractivity contribution < 1.29 is 9.59 Å². The second-order valence-corrected chi connectivity index (χ2v) is 11.3. The van der Waals surface area contributed by atoms with E-state index in [1.54, 1.807) is 36.1 Å². The third kappa shape index (κ3) is 7.17. The zero-order valence-electron chi connectivity index (χ0n) is 21.7. The number of nitrogens with one attached hydrogen (secondary N) is 3. The first-order chi connectivity index (χ1) is 18.1. The molecule has 0 aliphatic carbocycles. The Balaban J connectivity index is 1.40. The largest absolute Gasteiger partial charge is 0.326 e. The average Bonchev–Trinajstić information content (AvgIpc) is 3.50. The Morgan fingerprint density at radius 2 is 1.76 bits per heavy atom. The number of anilines is 3. The summed E-state index contributed by atoms with van der Waals surface area (Å²) >= 11 is 7.46. The van der Waals surface area contributed by atoms with E-state index in [2.05, 4.69) is 46.7 Å². The van der Waals surface area contributed by atoms with Crippen LogP contribution in [0.4, 0.5) is 21.6 Å². The number of hydrogen-bond donors (Lipinski definition) is 3. The summed E-state index contributed by atoms with van der Waals surface area (Å²) < 4.78 is 1.69. The highest BCUT2D eigenvalue weighted by Gasteiger charge is 2.22. The zero-order valence-corrected chi connectivity index (χ0v) is 23.3. The predicted molar refractivity (Wildman–Crippen MR) is 153 cm³/mol. The summed E-state index contributed by atoms with van der Waals surface area (Å²) in [5.74, 6) is 1.01. The number of amides is 3. The smallest absolute Gasteiger partial charge is 0.311 e. The van der Waals surface area contributed by atoms with Crippen LogP contribution in [0.5, 0.6) is 0 Å². The number of thiazole rings is 1. The number of halogens is 1. The molecule has 38 heavy (non-hydrogen) atoms. The van der Waals surface area contributed by atoms with Gasteiger partial charge in [0.2, 0.25) is 5.91 Å². The molecule has 0 bridgehead atoms. The van der Waals surface area contributed by atoms with Gasteiger partial charge in [-0.3, -0.25) is 15.4 Å². The molecule has 0 spiro atoms. The molecule has 3 heterocycles. The molecule has 3 aromatic heterocycles. The van der Waals surface area contributed by atoms with Crippen LogP contribution in [0, 0.1) is 0 Å². The monoisotopic (exact) mass is 551 g/mol. The van der Waals surface area contributed by atoms with E-state index in [0.29, 0.717) is 28.2 Å². The fourth-order valence-corrected chi connectivity index (χ4v) is 4.47. The van der Waals surface area contributed by atoms with Gasteiger partial charge in [-0.2, -0.15) is 5.10 Å². The Bertz CT molecular complexity index is 1420. The highest BCUT2D eigenvalue weighted by molar-refractivity contribution is 7.15. The van der Waals surface area contributed by atoms with E-state index in [1.165, 1.54) is 11.3 Å². The van der Waals surface area contributed by atoms with Gasteiger partial charge < -0.3 is 5.32 Å². The number of hydrogen-bond acceptors (Lipinski definition) is 6. The topological polar surface area (TPSA) is 114 Å². The summed E-state index contributed by atoms with van der Waals surface area (Å²) in [6.07, 6.45) is 5.34. The molecule has 3 N–H and O–H groups in total. The molecule has 4 rings (SSSR count). The summed E-state index contributed by atoms with van der Waals surface area (Å²) in [7, 11) is 0. The molecule has 11 heteroatoms. The minimum Gasteiger partial charge on any atom is -0.311 e. The maximum absolute atomic E-state index is 12.9. The van der Waals surface area contributed by atoms with Crippen LogP contribution in [0.15, 0.2) is 54.9 Å². The molecule has 0 radical (unpaired) electrons. The lowest BCUT2D eigenvalue weighted by molar-refractivity contribution is -0.115. The van der Waals surface area contributed by atoms with Crippen molar-refractivity contribution in [3.05, 3.63) is 76.0 Å². The highest BCUT2D eigenvalue weighted by atomic mass is 35.5. The molecule has 0 saturated heterocycles. The number of aryl methyl sites for hydroxylation is 2. The van der Waals surface area contributed by atoms with E-state index in [4.69, 9.17) is 16.7 Å². The fourth-order valence-electron chi connectivity index (χ4n) is 3.54. The SMILES string of the molecule is CCC(=O)Nc1cc(CCc2cnc(NC(=O)Nc3cc(C(C)(C)C)nn3-c3ccc(Cl)cc3)s2)ccn1. The fraction of sp³-hybridized carbons (Fsp3) is 0.296. The van der Waals surface area contributed by atoms with Crippen LogP contribution in [0.2, 0.25) is 5.02 Å². The summed E-state index contributed by atoms with van der Waals surface area (Å²) in [5, 5.41) is 14.3.